The second kappa shape index (κ2) is 12.8. The minimum Gasteiger partial charge on any atom is -0.359 e. The van der Waals surface area contributed by atoms with Crippen molar-refractivity contribution in [2.75, 3.05) is 54.4 Å². The van der Waals surface area contributed by atoms with Crippen molar-refractivity contribution in [3.05, 3.63) is 35.4 Å². The molecule has 146 valence electrons. The summed E-state index contributed by atoms with van der Waals surface area (Å²) in [4.78, 5) is 2.80. The molecule has 0 saturated carbocycles. The quantitative estimate of drug-likeness (QED) is 0.254. The van der Waals surface area contributed by atoms with E-state index in [0.29, 0.717) is 23.3 Å². The Balaban J connectivity index is 2.31. The minimum absolute atomic E-state index is 0.697. The minimum atomic E-state index is 0.697. The fraction of sp³-hybridized carbons (Fsp3) is 0.556. The van der Waals surface area contributed by atoms with Gasteiger partial charge in [-0.05, 0) is 35.6 Å². The molecule has 0 amide bonds. The van der Waals surface area contributed by atoms with Crippen LogP contribution in [-0.2, 0) is 13.1 Å². The molecule has 6 nitrogen and oxygen atoms in total. The zero-order valence-corrected chi connectivity index (χ0v) is 18.0. The van der Waals surface area contributed by atoms with Gasteiger partial charge in [-0.15, -0.1) is 0 Å². The van der Waals surface area contributed by atoms with Gasteiger partial charge in [-0.25, -0.2) is 0 Å². The molecule has 6 N–H and O–H groups in total. The lowest BCUT2D eigenvalue weighted by atomic mass is 10.1. The molecule has 0 heterocycles. The lowest BCUT2D eigenvalue weighted by Gasteiger charge is -2.14. The van der Waals surface area contributed by atoms with E-state index < -0.39 is 0 Å². The van der Waals surface area contributed by atoms with E-state index in [0.717, 1.165) is 26.2 Å². The summed E-state index contributed by atoms with van der Waals surface area (Å²) < 4.78 is 0. The standard InChI is InChI=1S/C18H32N6S2/c1-23(2)10-8-19-17(25)21-13-15-6-5-7-16(12-15)14-22-18(26)20-9-11-24(3)4/h5-7,12H,8-11,13-14H2,1-4H3,(H2,19,21,25)(H2,20,22,26)/p+2. The van der Waals surface area contributed by atoms with Crippen LogP contribution in [0.3, 0.4) is 0 Å². The number of hydrogen-bond donors (Lipinski definition) is 6. The zero-order chi connectivity index (χ0) is 19.4. The number of hydrogen-bond acceptors (Lipinski definition) is 2. The van der Waals surface area contributed by atoms with Crippen LogP contribution in [0.1, 0.15) is 11.1 Å². The monoisotopic (exact) mass is 398 g/mol. The Kier molecular flexibility index (Phi) is 11.1. The van der Waals surface area contributed by atoms with Crippen molar-refractivity contribution in [2.45, 2.75) is 13.1 Å². The van der Waals surface area contributed by atoms with Crippen molar-refractivity contribution >= 4 is 34.7 Å². The molecule has 0 saturated heterocycles. The second-order valence-corrected chi connectivity index (χ2v) is 7.77. The first kappa shape index (κ1) is 22.6. The lowest BCUT2D eigenvalue weighted by Crippen LogP contribution is -3.06. The van der Waals surface area contributed by atoms with E-state index in [9.17, 15) is 0 Å². The van der Waals surface area contributed by atoms with Crippen LogP contribution in [0.15, 0.2) is 24.3 Å². The van der Waals surface area contributed by atoms with Crippen LogP contribution in [0, 0.1) is 0 Å². The van der Waals surface area contributed by atoms with Crippen molar-refractivity contribution in [3.8, 4) is 0 Å². The smallest absolute Gasteiger partial charge is 0.166 e. The maximum Gasteiger partial charge on any atom is 0.166 e. The van der Waals surface area contributed by atoms with Crippen LogP contribution in [0.2, 0.25) is 0 Å². The molecule has 0 fully saturated rings. The second-order valence-electron chi connectivity index (χ2n) is 6.95. The zero-order valence-electron chi connectivity index (χ0n) is 16.4. The largest absolute Gasteiger partial charge is 0.359 e. The highest BCUT2D eigenvalue weighted by Crippen LogP contribution is 2.05. The van der Waals surface area contributed by atoms with E-state index >= 15 is 0 Å². The SMILES string of the molecule is C[NH+](C)CCNC(=S)NCc1cccc(CNC(=S)NCC[NH+](C)C)c1. The molecule has 0 bridgehead atoms. The third-order valence-corrected chi connectivity index (χ3v) is 4.30. The molecule has 0 aliphatic heterocycles. The molecular weight excluding hydrogens is 364 g/mol. The summed E-state index contributed by atoms with van der Waals surface area (Å²) in [5.41, 5.74) is 2.39. The summed E-state index contributed by atoms with van der Waals surface area (Å²) in [5, 5.41) is 14.4. The van der Waals surface area contributed by atoms with E-state index in [1.165, 1.54) is 20.9 Å². The fourth-order valence-corrected chi connectivity index (χ4v) is 2.54. The maximum atomic E-state index is 5.31. The highest BCUT2D eigenvalue weighted by Gasteiger charge is 2.01. The molecule has 0 unspecified atom stereocenters. The van der Waals surface area contributed by atoms with Gasteiger partial charge in [0.05, 0.1) is 54.4 Å². The summed E-state index contributed by atoms with van der Waals surface area (Å²) in [6.07, 6.45) is 0. The Hall–Kier alpha value is -1.48. The molecule has 0 spiro atoms. The Labute approximate surface area is 168 Å². The summed E-state index contributed by atoms with van der Waals surface area (Å²) in [6.45, 7) is 5.24. The van der Waals surface area contributed by atoms with Crippen LogP contribution in [0.25, 0.3) is 0 Å². The fourth-order valence-electron chi connectivity index (χ4n) is 2.19. The summed E-state index contributed by atoms with van der Waals surface area (Å²) in [5.74, 6) is 0. The van der Waals surface area contributed by atoms with Crippen LogP contribution >= 0.6 is 24.4 Å². The van der Waals surface area contributed by atoms with Crippen LogP contribution in [0.4, 0.5) is 0 Å². The predicted molar refractivity (Wildman–Crippen MR) is 117 cm³/mol. The van der Waals surface area contributed by atoms with Gasteiger partial charge in [0.25, 0.3) is 0 Å². The van der Waals surface area contributed by atoms with Gasteiger partial charge < -0.3 is 31.1 Å². The van der Waals surface area contributed by atoms with Gasteiger partial charge in [0.2, 0.25) is 0 Å². The van der Waals surface area contributed by atoms with Gasteiger partial charge in [-0.2, -0.15) is 0 Å². The normalized spacial score (nSPS) is 10.7. The van der Waals surface area contributed by atoms with Gasteiger partial charge in [0, 0.05) is 13.1 Å². The third kappa shape index (κ3) is 11.2. The summed E-state index contributed by atoms with van der Waals surface area (Å²) >= 11 is 10.6. The lowest BCUT2D eigenvalue weighted by molar-refractivity contribution is -0.856. The van der Waals surface area contributed by atoms with E-state index in [4.69, 9.17) is 24.4 Å². The number of thiocarbonyl (C=S) groups is 2. The average Bonchev–Trinajstić information content (AvgIpc) is 2.58. The van der Waals surface area contributed by atoms with E-state index in [2.05, 4.69) is 73.7 Å². The summed E-state index contributed by atoms with van der Waals surface area (Å²) in [7, 11) is 8.51. The van der Waals surface area contributed by atoms with Crippen LogP contribution < -0.4 is 31.1 Å². The van der Waals surface area contributed by atoms with Crippen molar-refractivity contribution in [2.24, 2.45) is 0 Å². The Morgan fingerprint density at radius 2 is 1.19 bits per heavy atom. The van der Waals surface area contributed by atoms with Crippen molar-refractivity contribution in [1.29, 1.82) is 0 Å². The van der Waals surface area contributed by atoms with Crippen molar-refractivity contribution < 1.29 is 9.80 Å². The maximum absolute atomic E-state index is 5.31. The van der Waals surface area contributed by atoms with Crippen LogP contribution in [0.5, 0.6) is 0 Å². The molecular formula is C18H34N6S2+2. The molecule has 0 atom stereocenters. The Morgan fingerprint density at radius 1 is 0.769 bits per heavy atom. The van der Waals surface area contributed by atoms with E-state index in [1.807, 2.05) is 0 Å². The topological polar surface area (TPSA) is 57.0 Å². The number of nitrogens with one attached hydrogen (secondary N) is 6. The molecule has 8 heteroatoms. The van der Waals surface area contributed by atoms with Crippen molar-refractivity contribution in [1.82, 2.24) is 21.3 Å². The number of likely N-dealkylation sites (N-methyl/N-ethyl adjacent to an activating group) is 2. The molecule has 0 radical (unpaired) electrons. The molecule has 26 heavy (non-hydrogen) atoms. The molecule has 1 rings (SSSR count). The Bertz CT molecular complexity index is 517. The third-order valence-electron chi connectivity index (χ3n) is 3.72. The van der Waals surface area contributed by atoms with Gasteiger partial charge in [-0.3, -0.25) is 0 Å². The molecule has 0 aliphatic carbocycles. The number of benzene rings is 1. The van der Waals surface area contributed by atoms with Gasteiger partial charge in [0.1, 0.15) is 0 Å². The molecule has 0 aliphatic rings. The predicted octanol–water partition coefficient (Wildman–Crippen LogP) is -2.10. The van der Waals surface area contributed by atoms with Crippen molar-refractivity contribution in [3.63, 3.8) is 0 Å². The van der Waals surface area contributed by atoms with E-state index in [1.54, 1.807) is 0 Å². The summed E-state index contributed by atoms with van der Waals surface area (Å²) in [6, 6.07) is 8.42. The number of rotatable bonds is 10. The van der Waals surface area contributed by atoms with Gasteiger partial charge in [-0.1, -0.05) is 24.3 Å². The van der Waals surface area contributed by atoms with Crippen LogP contribution in [-0.4, -0.2) is 64.6 Å². The van der Waals surface area contributed by atoms with Gasteiger partial charge in [0.15, 0.2) is 10.2 Å². The first-order valence-electron chi connectivity index (χ1n) is 9.06. The molecule has 1 aromatic carbocycles. The first-order chi connectivity index (χ1) is 12.4. The van der Waals surface area contributed by atoms with Gasteiger partial charge >= 0.3 is 0 Å². The highest BCUT2D eigenvalue weighted by atomic mass is 32.1. The molecule has 0 aromatic heterocycles. The number of quaternary nitrogens is 2. The molecule has 1 aromatic rings. The average molecular weight is 399 g/mol. The first-order valence-corrected chi connectivity index (χ1v) is 9.87. The van der Waals surface area contributed by atoms with E-state index in [-0.39, 0.29) is 0 Å². The highest BCUT2D eigenvalue weighted by molar-refractivity contribution is 7.80. The Morgan fingerprint density at radius 3 is 1.58 bits per heavy atom.